The highest BCUT2D eigenvalue weighted by Gasteiger charge is 2.27. The van der Waals surface area contributed by atoms with Gasteiger partial charge in [0.2, 0.25) is 5.56 Å². The summed E-state index contributed by atoms with van der Waals surface area (Å²) in [5.74, 6) is -0.872. The fourth-order valence-corrected chi connectivity index (χ4v) is 8.08. The fraction of sp³-hybridized carbons (Fsp3) is 0.235. The first-order valence-electron chi connectivity index (χ1n) is 21.3. The molecule has 12 heteroatoms. The van der Waals surface area contributed by atoms with Gasteiger partial charge in [-0.2, -0.15) is 0 Å². The van der Waals surface area contributed by atoms with Crippen LogP contribution in [0.4, 0.5) is 0 Å². The number of hydrogen-bond donors (Lipinski definition) is 5. The number of benzene rings is 5. The molecule has 0 aliphatic carbocycles. The van der Waals surface area contributed by atoms with Crippen LogP contribution in [0.3, 0.4) is 0 Å². The van der Waals surface area contributed by atoms with Crippen molar-refractivity contribution in [1.29, 1.82) is 0 Å². The zero-order valence-electron chi connectivity index (χ0n) is 34.8. The van der Waals surface area contributed by atoms with Gasteiger partial charge in [0, 0.05) is 42.2 Å². The summed E-state index contributed by atoms with van der Waals surface area (Å²) in [5.41, 5.74) is 6.94. The number of aliphatic hydroxyl groups is 1. The van der Waals surface area contributed by atoms with E-state index in [0.717, 1.165) is 54.7 Å². The number of aromatic amines is 1. The van der Waals surface area contributed by atoms with E-state index in [0.29, 0.717) is 47.0 Å². The maximum atomic E-state index is 13.9. The summed E-state index contributed by atoms with van der Waals surface area (Å²) < 4.78 is 6.06. The monoisotopic (exact) mass is 842 g/mol. The number of H-pyrrole nitrogens is 1. The Morgan fingerprint density at radius 2 is 1.54 bits per heavy atom. The highest BCUT2D eigenvalue weighted by molar-refractivity contribution is 5.94. The van der Waals surface area contributed by atoms with Gasteiger partial charge in [-0.05, 0) is 90.0 Å². The number of piperidine rings is 1. The van der Waals surface area contributed by atoms with Crippen LogP contribution in [0.1, 0.15) is 68.7 Å². The van der Waals surface area contributed by atoms with Crippen molar-refractivity contribution in [2.24, 2.45) is 5.92 Å². The SMILES string of the molecule is O=C(NCc1cnc(-c2cccc(C(C(=O)OCC3CCN(Cc4ccccc4)CC3)c3ccccc3)c2)cn1)c1ccc(CNCC(O)c2ccc(O)c3[nH]c(=O)ccc23)cc1. The Bertz CT molecular complexity index is 2690. The van der Waals surface area contributed by atoms with Gasteiger partial charge in [0.25, 0.3) is 5.91 Å². The molecule has 1 fully saturated rings. The Morgan fingerprint density at radius 3 is 2.29 bits per heavy atom. The number of amides is 1. The summed E-state index contributed by atoms with van der Waals surface area (Å²) >= 11 is 0. The molecule has 1 amide bonds. The molecule has 320 valence electrons. The Kier molecular flexibility index (Phi) is 13.7. The molecule has 2 unspecified atom stereocenters. The molecule has 12 nitrogen and oxygen atoms in total. The number of phenolic OH excluding ortho intramolecular Hbond substituents is 1. The maximum absolute atomic E-state index is 13.9. The minimum absolute atomic E-state index is 0.0641. The normalized spacial score (nSPS) is 14.2. The zero-order chi connectivity index (χ0) is 43.5. The van der Waals surface area contributed by atoms with Crippen LogP contribution in [0.5, 0.6) is 5.75 Å². The largest absolute Gasteiger partial charge is 0.506 e. The third-order valence-corrected chi connectivity index (χ3v) is 11.6. The van der Waals surface area contributed by atoms with Crippen LogP contribution in [0.25, 0.3) is 22.2 Å². The van der Waals surface area contributed by atoms with Crippen LogP contribution in [-0.2, 0) is 29.2 Å². The number of rotatable bonds is 16. The van der Waals surface area contributed by atoms with E-state index in [1.807, 2.05) is 72.8 Å². The summed E-state index contributed by atoms with van der Waals surface area (Å²) in [7, 11) is 0. The number of fused-ring (bicyclic) bond motifs is 1. The lowest BCUT2D eigenvalue weighted by atomic mass is 9.90. The second kappa shape index (κ2) is 20.3. The van der Waals surface area contributed by atoms with E-state index in [2.05, 4.69) is 54.8 Å². The number of esters is 1. The van der Waals surface area contributed by atoms with E-state index in [1.54, 1.807) is 36.7 Å². The van der Waals surface area contributed by atoms with E-state index < -0.39 is 12.0 Å². The fourth-order valence-electron chi connectivity index (χ4n) is 8.08. The van der Waals surface area contributed by atoms with Gasteiger partial charge in [-0.15, -0.1) is 0 Å². The van der Waals surface area contributed by atoms with Gasteiger partial charge in [0.1, 0.15) is 11.7 Å². The number of aliphatic hydroxyl groups excluding tert-OH is 1. The van der Waals surface area contributed by atoms with Crippen molar-refractivity contribution in [2.45, 2.75) is 44.5 Å². The Balaban J connectivity index is 0.826. The number of ether oxygens (including phenoxy) is 1. The molecule has 5 N–H and O–H groups in total. The summed E-state index contributed by atoms with van der Waals surface area (Å²) in [6.07, 6.45) is 4.40. The van der Waals surface area contributed by atoms with E-state index in [-0.39, 0.29) is 41.8 Å². The van der Waals surface area contributed by atoms with Gasteiger partial charge in [-0.25, -0.2) is 0 Å². The van der Waals surface area contributed by atoms with Crippen LogP contribution >= 0.6 is 0 Å². The maximum Gasteiger partial charge on any atom is 0.317 e. The van der Waals surface area contributed by atoms with Crippen LogP contribution < -0.4 is 16.2 Å². The second-order valence-corrected chi connectivity index (χ2v) is 16.0. The van der Waals surface area contributed by atoms with Crippen LogP contribution in [-0.4, -0.2) is 68.2 Å². The second-order valence-electron chi connectivity index (χ2n) is 16.0. The number of hydrogen-bond acceptors (Lipinski definition) is 10. The zero-order valence-corrected chi connectivity index (χ0v) is 34.8. The summed E-state index contributed by atoms with van der Waals surface area (Å²) in [5, 5.41) is 27.7. The van der Waals surface area contributed by atoms with Gasteiger partial charge in [-0.1, -0.05) is 97.1 Å². The number of aromatic hydroxyl groups is 1. The molecule has 0 spiro atoms. The van der Waals surface area contributed by atoms with Gasteiger partial charge < -0.3 is 30.6 Å². The van der Waals surface area contributed by atoms with E-state index >= 15 is 0 Å². The molecule has 1 aliphatic rings. The van der Waals surface area contributed by atoms with E-state index in [1.165, 1.54) is 17.7 Å². The number of nitrogens with zero attached hydrogens (tertiary/aromatic N) is 3. The summed E-state index contributed by atoms with van der Waals surface area (Å²) in [6.45, 7) is 4.14. The highest BCUT2D eigenvalue weighted by Crippen LogP contribution is 2.31. The lowest BCUT2D eigenvalue weighted by Crippen LogP contribution is -2.35. The Hall–Kier alpha value is -6.99. The first-order valence-corrected chi connectivity index (χ1v) is 21.3. The lowest BCUT2D eigenvalue weighted by Gasteiger charge is -2.32. The summed E-state index contributed by atoms with van der Waals surface area (Å²) in [6, 6.07) is 41.2. The molecule has 0 radical (unpaired) electrons. The van der Waals surface area contributed by atoms with Crippen molar-refractivity contribution < 1.29 is 24.5 Å². The Labute approximate surface area is 365 Å². The number of nitrogens with one attached hydrogen (secondary N) is 3. The van der Waals surface area contributed by atoms with Gasteiger partial charge >= 0.3 is 5.97 Å². The van der Waals surface area contributed by atoms with Gasteiger partial charge in [0.05, 0.1) is 48.6 Å². The molecule has 2 aromatic heterocycles. The van der Waals surface area contributed by atoms with Crippen molar-refractivity contribution >= 4 is 22.8 Å². The number of carbonyl (C=O) groups excluding carboxylic acids is 2. The number of carbonyl (C=O) groups is 2. The van der Waals surface area contributed by atoms with Gasteiger partial charge in [-0.3, -0.25) is 29.3 Å². The van der Waals surface area contributed by atoms with Crippen LogP contribution in [0.15, 0.2) is 151 Å². The predicted molar refractivity (Wildman–Crippen MR) is 242 cm³/mol. The summed E-state index contributed by atoms with van der Waals surface area (Å²) in [4.78, 5) is 52.9. The van der Waals surface area contributed by atoms with Crippen molar-refractivity contribution in [2.75, 3.05) is 26.2 Å². The number of phenols is 1. The van der Waals surface area contributed by atoms with Crippen LogP contribution in [0.2, 0.25) is 0 Å². The average molecular weight is 843 g/mol. The average Bonchev–Trinajstić information content (AvgIpc) is 3.32. The third-order valence-electron chi connectivity index (χ3n) is 11.6. The first-order chi connectivity index (χ1) is 30.8. The molecule has 7 aromatic rings. The lowest BCUT2D eigenvalue weighted by molar-refractivity contribution is -0.146. The smallest absolute Gasteiger partial charge is 0.317 e. The third kappa shape index (κ3) is 10.9. The topological polar surface area (TPSA) is 170 Å². The highest BCUT2D eigenvalue weighted by atomic mass is 16.5. The van der Waals surface area contributed by atoms with Crippen molar-refractivity contribution in [3.63, 3.8) is 0 Å². The molecule has 5 aromatic carbocycles. The minimum Gasteiger partial charge on any atom is -0.506 e. The Morgan fingerprint density at radius 1 is 0.794 bits per heavy atom. The molecule has 2 atom stereocenters. The molecule has 8 rings (SSSR count). The van der Waals surface area contributed by atoms with E-state index in [4.69, 9.17) is 4.74 Å². The van der Waals surface area contributed by atoms with Crippen molar-refractivity contribution in [3.05, 3.63) is 195 Å². The number of pyridine rings is 1. The van der Waals surface area contributed by atoms with Gasteiger partial charge in [0.15, 0.2) is 0 Å². The molecular weight excluding hydrogens is 793 g/mol. The molecule has 0 bridgehead atoms. The molecule has 63 heavy (non-hydrogen) atoms. The standard InChI is InChI=1S/C51H50N6O6/c58-45-20-18-42(43-19-21-47(60)56-49(43)45)46(59)31-52-27-34-14-16-38(17-15-34)50(61)55-29-41-28-54-44(30-53-41)39-12-7-13-40(26-39)48(37-10-5-2-6-11-37)51(62)63-33-36-22-24-57(25-23-36)32-35-8-3-1-4-9-35/h1-21,26,28,30,36,46,48,52,58-59H,22-25,27,29,31-33H2,(H,55,61)(H,56,60). The predicted octanol–water partition coefficient (Wildman–Crippen LogP) is 7.03. The molecule has 3 heterocycles. The minimum atomic E-state index is -0.885. The van der Waals surface area contributed by atoms with Crippen LogP contribution in [0, 0.1) is 5.92 Å². The molecule has 1 saturated heterocycles. The number of aromatic nitrogens is 3. The first kappa shape index (κ1) is 42.7. The quantitative estimate of drug-likeness (QED) is 0.0637. The van der Waals surface area contributed by atoms with Crippen molar-refractivity contribution in [3.8, 4) is 17.0 Å². The van der Waals surface area contributed by atoms with Crippen molar-refractivity contribution in [1.82, 2.24) is 30.5 Å². The number of likely N-dealkylation sites (tertiary alicyclic amines) is 1. The molecule has 0 saturated carbocycles. The van der Waals surface area contributed by atoms with E-state index in [9.17, 15) is 24.6 Å². The molecular formula is C51H50N6O6. The molecule has 1 aliphatic heterocycles.